The van der Waals surface area contributed by atoms with Gasteiger partial charge in [-0.2, -0.15) is 11.8 Å². The van der Waals surface area contributed by atoms with E-state index in [0.29, 0.717) is 17.1 Å². The molecule has 0 bridgehead atoms. The summed E-state index contributed by atoms with van der Waals surface area (Å²) in [4.78, 5) is 14.2. The number of morpholine rings is 1. The molecule has 0 aliphatic carbocycles. The summed E-state index contributed by atoms with van der Waals surface area (Å²) in [7, 11) is 0. The summed E-state index contributed by atoms with van der Waals surface area (Å²) in [5.41, 5.74) is 0.683. The predicted octanol–water partition coefficient (Wildman–Crippen LogP) is 2.73. The Bertz CT molecular complexity index is 453. The Hall–Kier alpha value is -0.750. The molecule has 0 aromatic heterocycles. The quantitative estimate of drug-likeness (QED) is 0.781. The van der Waals surface area contributed by atoms with Gasteiger partial charge < -0.3 is 10.1 Å². The summed E-state index contributed by atoms with van der Waals surface area (Å²) in [5, 5.41) is 3.41. The fraction of sp³-hybridized carbons (Fsp3) is 0.533. The number of carbonyl (C=O) groups is 1. The number of ether oxygens (including phenoxy) is 1. The summed E-state index contributed by atoms with van der Waals surface area (Å²) >= 11 is 7.82. The van der Waals surface area contributed by atoms with Gasteiger partial charge in [0.15, 0.2) is 0 Å². The molecule has 21 heavy (non-hydrogen) atoms. The molecule has 1 N–H and O–H groups in total. The fourth-order valence-electron chi connectivity index (χ4n) is 2.06. The van der Waals surface area contributed by atoms with Gasteiger partial charge >= 0.3 is 0 Å². The van der Waals surface area contributed by atoms with Crippen LogP contribution in [0.25, 0.3) is 0 Å². The van der Waals surface area contributed by atoms with Gasteiger partial charge in [0.1, 0.15) is 0 Å². The van der Waals surface area contributed by atoms with Crippen molar-refractivity contribution in [3.63, 3.8) is 0 Å². The lowest BCUT2D eigenvalue weighted by molar-refractivity contribution is -0.115. The molecule has 0 radical (unpaired) electrons. The van der Waals surface area contributed by atoms with Crippen LogP contribution in [0, 0.1) is 0 Å². The minimum absolute atomic E-state index is 0.0157. The Labute approximate surface area is 135 Å². The zero-order valence-corrected chi connectivity index (χ0v) is 13.6. The van der Waals surface area contributed by atoms with E-state index in [0.717, 1.165) is 44.4 Å². The van der Waals surface area contributed by atoms with Crippen LogP contribution in [0.15, 0.2) is 24.3 Å². The van der Waals surface area contributed by atoms with Gasteiger partial charge in [0.25, 0.3) is 0 Å². The summed E-state index contributed by atoms with van der Waals surface area (Å²) < 4.78 is 5.31. The van der Waals surface area contributed by atoms with Gasteiger partial charge in [0, 0.05) is 37.6 Å². The lowest BCUT2D eigenvalue weighted by Gasteiger charge is -2.26. The maximum Gasteiger partial charge on any atom is 0.225 e. The zero-order valence-electron chi connectivity index (χ0n) is 12.0. The number of thioether (sulfide) groups is 1. The molecule has 1 fully saturated rings. The number of anilines is 1. The number of nitrogens with zero attached hydrogens (tertiary/aromatic N) is 1. The third-order valence-corrected chi connectivity index (χ3v) is 4.57. The molecular formula is C15H21ClN2O2S. The monoisotopic (exact) mass is 328 g/mol. The van der Waals surface area contributed by atoms with Crippen LogP contribution in [0.5, 0.6) is 0 Å². The Morgan fingerprint density at radius 3 is 2.81 bits per heavy atom. The average molecular weight is 329 g/mol. The first-order chi connectivity index (χ1) is 10.3. The van der Waals surface area contributed by atoms with Crippen molar-refractivity contribution in [2.45, 2.75) is 6.42 Å². The highest BCUT2D eigenvalue weighted by molar-refractivity contribution is 7.99. The van der Waals surface area contributed by atoms with Crippen molar-refractivity contribution in [1.82, 2.24) is 4.90 Å². The van der Waals surface area contributed by atoms with E-state index in [1.54, 1.807) is 6.07 Å². The van der Waals surface area contributed by atoms with E-state index in [-0.39, 0.29) is 5.91 Å². The van der Waals surface area contributed by atoms with Gasteiger partial charge in [0.2, 0.25) is 5.91 Å². The normalized spacial score (nSPS) is 15.9. The number of amides is 1. The lowest BCUT2D eigenvalue weighted by Crippen LogP contribution is -2.37. The van der Waals surface area contributed by atoms with Crippen molar-refractivity contribution < 1.29 is 9.53 Å². The molecule has 0 spiro atoms. The Kier molecular flexibility index (Phi) is 7.36. The SMILES string of the molecule is O=C(CCSCCN1CCOCC1)Nc1ccccc1Cl. The molecule has 2 rings (SSSR count). The molecule has 1 heterocycles. The van der Waals surface area contributed by atoms with Gasteiger partial charge in [-0.1, -0.05) is 23.7 Å². The van der Waals surface area contributed by atoms with Crippen LogP contribution < -0.4 is 5.32 Å². The van der Waals surface area contributed by atoms with Crippen molar-refractivity contribution in [3.8, 4) is 0 Å². The van der Waals surface area contributed by atoms with Crippen LogP contribution >= 0.6 is 23.4 Å². The van der Waals surface area contributed by atoms with E-state index < -0.39 is 0 Å². The molecule has 1 saturated heterocycles. The largest absolute Gasteiger partial charge is 0.379 e. The zero-order chi connectivity index (χ0) is 14.9. The lowest BCUT2D eigenvalue weighted by atomic mass is 10.3. The number of benzene rings is 1. The number of rotatable bonds is 7. The molecule has 1 aliphatic rings. The first kappa shape index (κ1) is 16.6. The van der Waals surface area contributed by atoms with E-state index in [4.69, 9.17) is 16.3 Å². The smallest absolute Gasteiger partial charge is 0.225 e. The summed E-state index contributed by atoms with van der Waals surface area (Å²) in [6, 6.07) is 7.29. The molecule has 6 heteroatoms. The van der Waals surface area contributed by atoms with Crippen molar-refractivity contribution in [1.29, 1.82) is 0 Å². The van der Waals surface area contributed by atoms with Gasteiger partial charge in [-0.05, 0) is 12.1 Å². The summed E-state index contributed by atoms with van der Waals surface area (Å²) in [6.45, 7) is 4.79. The number of nitrogens with one attached hydrogen (secondary N) is 1. The Balaban J connectivity index is 1.56. The Morgan fingerprint density at radius 1 is 1.29 bits per heavy atom. The van der Waals surface area contributed by atoms with Crippen molar-refractivity contribution in [2.75, 3.05) is 49.7 Å². The number of para-hydroxylation sites is 1. The first-order valence-electron chi connectivity index (χ1n) is 7.18. The number of halogens is 1. The minimum Gasteiger partial charge on any atom is -0.379 e. The van der Waals surface area contributed by atoms with Gasteiger partial charge in [-0.25, -0.2) is 0 Å². The molecule has 1 aromatic carbocycles. The number of hydrogen-bond acceptors (Lipinski definition) is 4. The van der Waals surface area contributed by atoms with Gasteiger partial charge in [-0.15, -0.1) is 0 Å². The first-order valence-corrected chi connectivity index (χ1v) is 8.71. The highest BCUT2D eigenvalue weighted by atomic mass is 35.5. The maximum absolute atomic E-state index is 11.8. The van der Waals surface area contributed by atoms with Gasteiger partial charge in [0.05, 0.1) is 23.9 Å². The van der Waals surface area contributed by atoms with Crippen LogP contribution in [0.4, 0.5) is 5.69 Å². The van der Waals surface area contributed by atoms with Crippen LogP contribution in [0.3, 0.4) is 0 Å². The second-order valence-electron chi connectivity index (χ2n) is 4.84. The van der Waals surface area contributed by atoms with E-state index >= 15 is 0 Å². The van der Waals surface area contributed by atoms with Crippen LogP contribution in [-0.4, -0.2) is 55.2 Å². The second-order valence-corrected chi connectivity index (χ2v) is 6.48. The summed E-state index contributed by atoms with van der Waals surface area (Å²) in [6.07, 6.45) is 0.513. The highest BCUT2D eigenvalue weighted by Gasteiger charge is 2.10. The van der Waals surface area contributed by atoms with Crippen LogP contribution in [0.1, 0.15) is 6.42 Å². The molecule has 0 unspecified atom stereocenters. The topological polar surface area (TPSA) is 41.6 Å². The van der Waals surface area contributed by atoms with E-state index in [1.807, 2.05) is 30.0 Å². The minimum atomic E-state index is 0.0157. The van der Waals surface area contributed by atoms with E-state index in [2.05, 4.69) is 10.2 Å². The molecule has 0 saturated carbocycles. The fourth-order valence-corrected chi connectivity index (χ4v) is 3.16. The molecule has 116 valence electrons. The van der Waals surface area contributed by atoms with Crippen LogP contribution in [-0.2, 0) is 9.53 Å². The summed E-state index contributed by atoms with van der Waals surface area (Å²) in [5.74, 6) is 1.90. The van der Waals surface area contributed by atoms with Gasteiger partial charge in [-0.3, -0.25) is 9.69 Å². The molecule has 0 atom stereocenters. The van der Waals surface area contributed by atoms with Crippen LogP contribution in [0.2, 0.25) is 5.02 Å². The van der Waals surface area contributed by atoms with Crippen molar-refractivity contribution in [2.24, 2.45) is 0 Å². The number of hydrogen-bond donors (Lipinski definition) is 1. The van der Waals surface area contributed by atoms with E-state index in [1.165, 1.54) is 0 Å². The van der Waals surface area contributed by atoms with E-state index in [9.17, 15) is 4.79 Å². The molecule has 1 aromatic rings. The molecule has 4 nitrogen and oxygen atoms in total. The Morgan fingerprint density at radius 2 is 2.05 bits per heavy atom. The molecular weight excluding hydrogens is 308 g/mol. The maximum atomic E-state index is 11.8. The highest BCUT2D eigenvalue weighted by Crippen LogP contribution is 2.20. The molecule has 1 aliphatic heterocycles. The second kappa shape index (κ2) is 9.30. The third kappa shape index (κ3) is 6.26. The molecule has 1 amide bonds. The number of carbonyl (C=O) groups excluding carboxylic acids is 1. The van der Waals surface area contributed by atoms with Crippen molar-refractivity contribution in [3.05, 3.63) is 29.3 Å². The standard InChI is InChI=1S/C15H21ClN2O2S/c16-13-3-1-2-4-14(13)17-15(19)5-11-21-12-8-18-6-9-20-10-7-18/h1-4H,5-12H2,(H,17,19). The third-order valence-electron chi connectivity index (χ3n) is 3.28. The van der Waals surface area contributed by atoms with Crippen molar-refractivity contribution >= 4 is 35.0 Å². The predicted molar refractivity (Wildman–Crippen MR) is 89.3 cm³/mol. The average Bonchev–Trinajstić information content (AvgIpc) is 2.50.